The smallest absolute Gasteiger partial charge is 0.387 e. The largest absolute Gasteiger partial charge is 0.495 e. The topological polar surface area (TPSA) is 93.7 Å². The number of hydrogen-bond acceptors (Lipinski definition) is 5. The van der Waals surface area contributed by atoms with Crippen molar-refractivity contribution in [2.24, 2.45) is 0 Å². The van der Waals surface area contributed by atoms with Gasteiger partial charge in [0.05, 0.1) is 17.7 Å². The standard InChI is InChI=1S/C22H20F2N2O5S/c1-30-20-8-3-2-7-19(20)26-32(28,29)18-11-9-16(10-12-18)21(27)25-14-15-5-4-6-17(13-15)31-22(23)24/h2-13,22,26H,14H2,1H3,(H,25,27). The Bertz CT molecular complexity index is 1180. The zero-order chi connectivity index (χ0) is 23.1. The Morgan fingerprint density at radius 2 is 1.72 bits per heavy atom. The first-order valence-electron chi connectivity index (χ1n) is 9.36. The van der Waals surface area contributed by atoms with Crippen molar-refractivity contribution < 1.29 is 31.5 Å². The van der Waals surface area contributed by atoms with Gasteiger partial charge in [0.15, 0.2) is 0 Å². The predicted octanol–water partition coefficient (Wildman–Crippen LogP) is 4.03. The molecule has 32 heavy (non-hydrogen) atoms. The number of amides is 1. The van der Waals surface area contributed by atoms with Gasteiger partial charge in [0.25, 0.3) is 15.9 Å². The molecule has 10 heteroatoms. The Hall–Kier alpha value is -3.66. The van der Waals surface area contributed by atoms with Crippen LogP contribution in [-0.2, 0) is 16.6 Å². The highest BCUT2D eigenvalue weighted by Gasteiger charge is 2.17. The third-order valence-corrected chi connectivity index (χ3v) is 5.74. The van der Waals surface area contributed by atoms with E-state index < -0.39 is 22.5 Å². The van der Waals surface area contributed by atoms with E-state index in [4.69, 9.17) is 4.74 Å². The van der Waals surface area contributed by atoms with Crippen LogP contribution in [0.25, 0.3) is 0 Å². The van der Waals surface area contributed by atoms with E-state index in [1.807, 2.05) is 0 Å². The maximum atomic E-state index is 12.6. The van der Waals surface area contributed by atoms with Gasteiger partial charge in [0, 0.05) is 12.1 Å². The first kappa shape index (κ1) is 23.0. The van der Waals surface area contributed by atoms with E-state index in [0.717, 1.165) is 0 Å². The summed E-state index contributed by atoms with van der Waals surface area (Å²) in [5, 5.41) is 2.65. The van der Waals surface area contributed by atoms with E-state index in [-0.39, 0.29) is 28.4 Å². The van der Waals surface area contributed by atoms with Crippen LogP contribution in [0.2, 0.25) is 0 Å². The molecule has 3 aromatic rings. The number of ether oxygens (including phenoxy) is 2. The molecule has 0 unspecified atom stereocenters. The summed E-state index contributed by atoms with van der Waals surface area (Å²) in [6, 6.07) is 17.9. The average Bonchev–Trinajstić information content (AvgIpc) is 2.77. The second-order valence-electron chi connectivity index (χ2n) is 6.54. The Morgan fingerprint density at radius 1 is 1.00 bits per heavy atom. The lowest BCUT2D eigenvalue weighted by Gasteiger charge is -2.12. The zero-order valence-corrected chi connectivity index (χ0v) is 17.7. The fourth-order valence-electron chi connectivity index (χ4n) is 2.83. The van der Waals surface area contributed by atoms with Crippen LogP contribution in [0.1, 0.15) is 15.9 Å². The predicted molar refractivity (Wildman–Crippen MR) is 114 cm³/mol. The molecule has 7 nitrogen and oxygen atoms in total. The monoisotopic (exact) mass is 462 g/mol. The van der Waals surface area contributed by atoms with E-state index in [1.165, 1.54) is 49.6 Å². The summed E-state index contributed by atoms with van der Waals surface area (Å²) in [6.45, 7) is -2.86. The highest BCUT2D eigenvalue weighted by molar-refractivity contribution is 7.92. The highest BCUT2D eigenvalue weighted by Crippen LogP contribution is 2.26. The number of rotatable bonds is 9. The maximum Gasteiger partial charge on any atom is 0.387 e. The first-order valence-corrected chi connectivity index (χ1v) is 10.8. The van der Waals surface area contributed by atoms with Gasteiger partial charge in [-0.25, -0.2) is 8.42 Å². The van der Waals surface area contributed by atoms with Gasteiger partial charge in [-0.2, -0.15) is 8.78 Å². The van der Waals surface area contributed by atoms with Gasteiger partial charge in [-0.05, 0) is 54.1 Å². The van der Waals surface area contributed by atoms with E-state index in [1.54, 1.807) is 30.3 Å². The van der Waals surface area contributed by atoms with Crippen molar-refractivity contribution in [2.75, 3.05) is 11.8 Å². The molecule has 1 amide bonds. The second-order valence-corrected chi connectivity index (χ2v) is 8.22. The van der Waals surface area contributed by atoms with Crippen LogP contribution < -0.4 is 19.5 Å². The van der Waals surface area contributed by atoms with Crippen LogP contribution in [0, 0.1) is 0 Å². The number of benzene rings is 3. The fraction of sp³-hybridized carbons (Fsp3) is 0.136. The Labute approximate surface area is 184 Å². The number of carbonyl (C=O) groups is 1. The molecule has 0 spiro atoms. The number of halogens is 2. The summed E-state index contributed by atoms with van der Waals surface area (Å²) < 4.78 is 61.8. The molecule has 0 aliphatic rings. The van der Waals surface area contributed by atoms with E-state index in [9.17, 15) is 22.0 Å². The first-order chi connectivity index (χ1) is 15.3. The highest BCUT2D eigenvalue weighted by atomic mass is 32.2. The molecular formula is C22H20F2N2O5S. The van der Waals surface area contributed by atoms with Crippen molar-refractivity contribution >= 4 is 21.6 Å². The van der Waals surface area contributed by atoms with Gasteiger partial charge < -0.3 is 14.8 Å². The third kappa shape index (κ3) is 5.94. The second kappa shape index (κ2) is 10.1. The number of nitrogens with one attached hydrogen (secondary N) is 2. The van der Waals surface area contributed by atoms with Crippen LogP contribution in [0.4, 0.5) is 14.5 Å². The molecule has 0 saturated heterocycles. The zero-order valence-electron chi connectivity index (χ0n) is 16.9. The van der Waals surface area contributed by atoms with Crippen LogP contribution in [-0.4, -0.2) is 28.0 Å². The number of methoxy groups -OCH3 is 1. The minimum atomic E-state index is -3.90. The fourth-order valence-corrected chi connectivity index (χ4v) is 3.90. The Kier molecular flexibility index (Phi) is 7.26. The molecule has 0 aliphatic carbocycles. The molecule has 0 aliphatic heterocycles. The lowest BCUT2D eigenvalue weighted by Crippen LogP contribution is -2.23. The molecule has 0 atom stereocenters. The van der Waals surface area contributed by atoms with E-state index >= 15 is 0 Å². The van der Waals surface area contributed by atoms with Crippen LogP contribution in [0.5, 0.6) is 11.5 Å². The maximum absolute atomic E-state index is 12.6. The number of hydrogen-bond donors (Lipinski definition) is 2. The van der Waals surface area contributed by atoms with Crippen LogP contribution in [0.3, 0.4) is 0 Å². The van der Waals surface area contributed by atoms with Crippen LogP contribution >= 0.6 is 0 Å². The van der Waals surface area contributed by atoms with Gasteiger partial charge >= 0.3 is 6.61 Å². The number of sulfonamides is 1. The molecule has 0 heterocycles. The van der Waals surface area contributed by atoms with Crippen molar-refractivity contribution in [3.8, 4) is 11.5 Å². The van der Waals surface area contributed by atoms with Crippen molar-refractivity contribution in [2.45, 2.75) is 18.1 Å². The van der Waals surface area contributed by atoms with Gasteiger partial charge in [0.2, 0.25) is 0 Å². The minimum Gasteiger partial charge on any atom is -0.495 e. The average molecular weight is 462 g/mol. The Morgan fingerprint density at radius 3 is 2.41 bits per heavy atom. The SMILES string of the molecule is COc1ccccc1NS(=O)(=O)c1ccc(C(=O)NCc2cccc(OC(F)F)c2)cc1. The molecule has 3 rings (SSSR count). The third-order valence-electron chi connectivity index (χ3n) is 4.35. The van der Waals surface area contributed by atoms with Crippen molar-refractivity contribution in [3.05, 3.63) is 83.9 Å². The Balaban J connectivity index is 1.65. The summed E-state index contributed by atoms with van der Waals surface area (Å²) in [7, 11) is -2.46. The normalized spacial score (nSPS) is 11.1. The molecule has 0 fully saturated rings. The van der Waals surface area contributed by atoms with Gasteiger partial charge in [0.1, 0.15) is 11.5 Å². The number of carbonyl (C=O) groups excluding carboxylic acids is 1. The molecular weight excluding hydrogens is 442 g/mol. The molecule has 168 valence electrons. The quantitative estimate of drug-likeness (QED) is 0.501. The molecule has 0 aromatic heterocycles. The van der Waals surface area contributed by atoms with Crippen LogP contribution in [0.15, 0.2) is 77.7 Å². The van der Waals surface area contributed by atoms with Crippen molar-refractivity contribution in [3.63, 3.8) is 0 Å². The number of alkyl halides is 2. The molecule has 0 saturated carbocycles. The van der Waals surface area contributed by atoms with Gasteiger partial charge in [-0.3, -0.25) is 9.52 Å². The summed E-state index contributed by atoms with van der Waals surface area (Å²) in [6.07, 6.45) is 0. The number of para-hydroxylation sites is 2. The summed E-state index contributed by atoms with van der Waals surface area (Å²) in [4.78, 5) is 12.3. The lowest BCUT2D eigenvalue weighted by molar-refractivity contribution is -0.0498. The molecule has 2 N–H and O–H groups in total. The van der Waals surface area contributed by atoms with Gasteiger partial charge in [-0.1, -0.05) is 24.3 Å². The van der Waals surface area contributed by atoms with E-state index in [0.29, 0.717) is 11.3 Å². The van der Waals surface area contributed by atoms with Crippen molar-refractivity contribution in [1.82, 2.24) is 5.32 Å². The molecule has 0 radical (unpaired) electrons. The summed E-state index contributed by atoms with van der Waals surface area (Å²) >= 11 is 0. The lowest BCUT2D eigenvalue weighted by atomic mass is 10.2. The number of anilines is 1. The summed E-state index contributed by atoms with van der Waals surface area (Å²) in [5.74, 6) is -0.0919. The van der Waals surface area contributed by atoms with Crippen molar-refractivity contribution in [1.29, 1.82) is 0 Å². The van der Waals surface area contributed by atoms with E-state index in [2.05, 4.69) is 14.8 Å². The van der Waals surface area contributed by atoms with Gasteiger partial charge in [-0.15, -0.1) is 0 Å². The summed E-state index contributed by atoms with van der Waals surface area (Å²) in [5.41, 5.74) is 1.09. The molecule has 0 bridgehead atoms. The minimum absolute atomic E-state index is 0.0103. The molecule has 3 aromatic carbocycles.